The number of amides is 2. The normalized spacial score (nSPS) is 12.1. The van der Waals surface area contributed by atoms with Crippen LogP contribution in [0.15, 0.2) is 77.7 Å². The Morgan fingerprint density at radius 3 is 2.28 bits per heavy atom. The Hall–Kier alpha value is -3.56. The second-order valence-electron chi connectivity index (χ2n) is 9.49. The molecule has 3 aromatic rings. The van der Waals surface area contributed by atoms with Gasteiger partial charge in [-0.25, -0.2) is 8.42 Å². The van der Waals surface area contributed by atoms with Crippen LogP contribution in [0.4, 0.5) is 5.69 Å². The molecule has 0 fully saturated rings. The number of carbonyl (C=O) groups excluding carboxylic acids is 2. The molecule has 0 spiro atoms. The SMILES string of the molecule is COc1ccc(C)cc1N(CC(=O)N(Cc1cccc(Cl)c1)C(C)C(=O)NC(C)C)S(=O)(=O)c1ccccc1. The van der Waals surface area contributed by atoms with E-state index in [4.69, 9.17) is 16.3 Å². The van der Waals surface area contributed by atoms with Crippen molar-refractivity contribution in [3.8, 4) is 5.75 Å². The molecule has 39 heavy (non-hydrogen) atoms. The number of hydrogen-bond acceptors (Lipinski definition) is 5. The highest BCUT2D eigenvalue weighted by molar-refractivity contribution is 7.92. The molecule has 0 aliphatic rings. The van der Waals surface area contributed by atoms with E-state index in [9.17, 15) is 18.0 Å². The topological polar surface area (TPSA) is 96.0 Å². The Balaban J connectivity index is 2.09. The number of aryl methyl sites for hydroxylation is 1. The van der Waals surface area contributed by atoms with Gasteiger partial charge in [0.15, 0.2) is 0 Å². The predicted molar refractivity (Wildman–Crippen MR) is 153 cm³/mol. The number of ether oxygens (including phenoxy) is 1. The van der Waals surface area contributed by atoms with Crippen LogP contribution in [-0.4, -0.2) is 50.9 Å². The molecule has 208 valence electrons. The lowest BCUT2D eigenvalue weighted by Gasteiger charge is -2.32. The fourth-order valence-corrected chi connectivity index (χ4v) is 5.70. The number of nitrogens with zero attached hydrogens (tertiary/aromatic N) is 2. The highest BCUT2D eigenvalue weighted by Gasteiger charge is 2.34. The number of hydrogen-bond donors (Lipinski definition) is 1. The van der Waals surface area contributed by atoms with E-state index in [1.807, 2.05) is 20.8 Å². The summed E-state index contributed by atoms with van der Waals surface area (Å²) in [7, 11) is -2.75. The summed E-state index contributed by atoms with van der Waals surface area (Å²) in [4.78, 5) is 28.4. The molecule has 10 heteroatoms. The third-order valence-corrected chi connectivity index (χ3v) is 8.06. The first-order valence-electron chi connectivity index (χ1n) is 12.5. The van der Waals surface area contributed by atoms with E-state index in [-0.39, 0.29) is 29.1 Å². The van der Waals surface area contributed by atoms with Crippen LogP contribution < -0.4 is 14.4 Å². The Bertz CT molecular complexity index is 1410. The molecule has 0 saturated heterocycles. The Labute approximate surface area is 235 Å². The van der Waals surface area contributed by atoms with Gasteiger partial charge in [-0.1, -0.05) is 48.0 Å². The second kappa shape index (κ2) is 13.0. The van der Waals surface area contributed by atoms with Gasteiger partial charge in [0.25, 0.3) is 10.0 Å². The quantitative estimate of drug-likeness (QED) is 0.357. The van der Waals surface area contributed by atoms with Gasteiger partial charge in [0.2, 0.25) is 11.8 Å². The monoisotopic (exact) mass is 571 g/mol. The Morgan fingerprint density at radius 2 is 1.67 bits per heavy atom. The van der Waals surface area contributed by atoms with Crippen molar-refractivity contribution >= 4 is 39.1 Å². The second-order valence-corrected chi connectivity index (χ2v) is 11.8. The molecule has 8 nitrogen and oxygen atoms in total. The smallest absolute Gasteiger partial charge is 0.264 e. The number of nitrogens with one attached hydrogen (secondary N) is 1. The van der Waals surface area contributed by atoms with E-state index in [2.05, 4.69) is 5.32 Å². The Kier molecular flexibility index (Phi) is 9.99. The van der Waals surface area contributed by atoms with Gasteiger partial charge in [-0.15, -0.1) is 0 Å². The molecule has 0 aromatic heterocycles. The summed E-state index contributed by atoms with van der Waals surface area (Å²) in [5, 5.41) is 3.31. The van der Waals surface area contributed by atoms with Crippen LogP contribution in [0.25, 0.3) is 0 Å². The number of halogens is 1. The molecular formula is C29H34ClN3O5S. The molecular weight excluding hydrogens is 538 g/mol. The van der Waals surface area contributed by atoms with E-state index in [0.717, 1.165) is 9.87 Å². The van der Waals surface area contributed by atoms with Gasteiger partial charge < -0.3 is 15.0 Å². The van der Waals surface area contributed by atoms with Crippen molar-refractivity contribution in [1.29, 1.82) is 0 Å². The summed E-state index contributed by atoms with van der Waals surface area (Å²) < 4.78 is 34.4. The number of benzene rings is 3. The summed E-state index contributed by atoms with van der Waals surface area (Å²) in [6.07, 6.45) is 0. The minimum Gasteiger partial charge on any atom is -0.495 e. The van der Waals surface area contributed by atoms with Gasteiger partial charge in [0.05, 0.1) is 17.7 Å². The van der Waals surface area contributed by atoms with Crippen molar-refractivity contribution in [2.45, 2.75) is 51.2 Å². The first-order chi connectivity index (χ1) is 18.4. The van der Waals surface area contributed by atoms with Gasteiger partial charge >= 0.3 is 0 Å². The number of sulfonamides is 1. The number of methoxy groups -OCH3 is 1. The zero-order valence-electron chi connectivity index (χ0n) is 22.7. The van der Waals surface area contributed by atoms with E-state index in [1.54, 1.807) is 67.6 Å². The first-order valence-corrected chi connectivity index (χ1v) is 14.3. The fraction of sp³-hybridized carbons (Fsp3) is 0.310. The summed E-state index contributed by atoms with van der Waals surface area (Å²) in [5.41, 5.74) is 1.70. The van der Waals surface area contributed by atoms with E-state index >= 15 is 0 Å². The van der Waals surface area contributed by atoms with E-state index in [1.165, 1.54) is 24.1 Å². The standard InChI is InChI=1S/C29H34ClN3O5S/c1-20(2)31-29(35)22(4)32(18-23-10-9-11-24(30)17-23)28(34)19-33(26-16-21(3)14-15-27(26)38-5)39(36,37)25-12-7-6-8-13-25/h6-17,20,22H,18-19H2,1-5H3,(H,31,35). The average Bonchev–Trinajstić information content (AvgIpc) is 2.90. The van der Waals surface area contributed by atoms with Crippen LogP contribution in [0.2, 0.25) is 5.02 Å². The molecule has 1 unspecified atom stereocenters. The summed E-state index contributed by atoms with van der Waals surface area (Å²) in [6.45, 7) is 6.58. The van der Waals surface area contributed by atoms with Crippen LogP contribution in [0.1, 0.15) is 31.9 Å². The third kappa shape index (κ3) is 7.52. The first kappa shape index (κ1) is 30.0. The van der Waals surface area contributed by atoms with Crippen molar-refractivity contribution in [2.24, 2.45) is 0 Å². The maximum atomic E-state index is 14.0. The fourth-order valence-electron chi connectivity index (χ4n) is 4.05. The molecule has 0 bridgehead atoms. The Morgan fingerprint density at radius 1 is 0.974 bits per heavy atom. The van der Waals surface area contributed by atoms with Gasteiger partial charge in [0.1, 0.15) is 18.3 Å². The maximum absolute atomic E-state index is 14.0. The summed E-state index contributed by atoms with van der Waals surface area (Å²) in [5.74, 6) is -0.629. The van der Waals surface area contributed by atoms with Gasteiger partial charge in [0, 0.05) is 17.6 Å². The van der Waals surface area contributed by atoms with E-state index < -0.39 is 28.5 Å². The maximum Gasteiger partial charge on any atom is 0.264 e. The van der Waals surface area contributed by atoms with Crippen LogP contribution >= 0.6 is 11.6 Å². The molecule has 0 heterocycles. The van der Waals surface area contributed by atoms with Crippen molar-refractivity contribution in [1.82, 2.24) is 10.2 Å². The lowest BCUT2D eigenvalue weighted by atomic mass is 10.1. The lowest BCUT2D eigenvalue weighted by molar-refractivity contribution is -0.139. The van der Waals surface area contributed by atoms with Crippen molar-refractivity contribution < 1.29 is 22.7 Å². The molecule has 1 atom stereocenters. The van der Waals surface area contributed by atoms with Crippen LogP contribution in [0.5, 0.6) is 5.75 Å². The molecule has 3 aromatic carbocycles. The predicted octanol–water partition coefficient (Wildman–Crippen LogP) is 4.79. The summed E-state index contributed by atoms with van der Waals surface area (Å²) in [6, 6.07) is 18.9. The third-order valence-electron chi connectivity index (χ3n) is 6.05. The highest BCUT2D eigenvalue weighted by atomic mass is 35.5. The van der Waals surface area contributed by atoms with Crippen LogP contribution in [0, 0.1) is 6.92 Å². The van der Waals surface area contributed by atoms with Crippen molar-refractivity contribution in [3.05, 3.63) is 88.9 Å². The molecule has 0 radical (unpaired) electrons. The van der Waals surface area contributed by atoms with Crippen LogP contribution in [0.3, 0.4) is 0 Å². The minimum absolute atomic E-state index is 0.0216. The van der Waals surface area contributed by atoms with Gasteiger partial charge in [-0.05, 0) is 75.2 Å². The molecule has 0 aliphatic carbocycles. The minimum atomic E-state index is -4.19. The average molecular weight is 572 g/mol. The highest BCUT2D eigenvalue weighted by Crippen LogP contribution is 2.33. The van der Waals surface area contributed by atoms with Crippen LogP contribution in [-0.2, 0) is 26.2 Å². The molecule has 3 rings (SSSR count). The van der Waals surface area contributed by atoms with Crippen molar-refractivity contribution in [2.75, 3.05) is 18.0 Å². The molecule has 1 N–H and O–H groups in total. The van der Waals surface area contributed by atoms with E-state index in [0.29, 0.717) is 16.3 Å². The number of rotatable bonds is 11. The molecule has 2 amide bonds. The van der Waals surface area contributed by atoms with Gasteiger partial charge in [-0.2, -0.15) is 0 Å². The molecule has 0 saturated carbocycles. The van der Waals surface area contributed by atoms with Crippen molar-refractivity contribution in [3.63, 3.8) is 0 Å². The molecule has 0 aliphatic heterocycles. The zero-order chi connectivity index (χ0) is 28.7. The zero-order valence-corrected chi connectivity index (χ0v) is 24.3. The van der Waals surface area contributed by atoms with Gasteiger partial charge in [-0.3, -0.25) is 13.9 Å². The summed E-state index contributed by atoms with van der Waals surface area (Å²) >= 11 is 6.17. The number of anilines is 1. The largest absolute Gasteiger partial charge is 0.495 e. The lowest BCUT2D eigenvalue weighted by Crippen LogP contribution is -2.52. The number of carbonyl (C=O) groups is 2.